The summed E-state index contributed by atoms with van der Waals surface area (Å²) < 4.78 is 5.93. The molecule has 0 fully saturated rings. The van der Waals surface area contributed by atoms with E-state index in [4.69, 9.17) is 4.74 Å². The topological polar surface area (TPSA) is 29.5 Å². The highest BCUT2D eigenvalue weighted by Crippen LogP contribution is 2.16. The third kappa shape index (κ3) is 4.33. The van der Waals surface area contributed by atoms with Crippen molar-refractivity contribution in [3.63, 3.8) is 0 Å². The van der Waals surface area contributed by atoms with Gasteiger partial charge in [-0.15, -0.1) is 0 Å². The van der Waals surface area contributed by atoms with Crippen LogP contribution in [0.3, 0.4) is 0 Å². The van der Waals surface area contributed by atoms with Gasteiger partial charge in [0.2, 0.25) is 0 Å². The quantitative estimate of drug-likeness (QED) is 0.615. The van der Waals surface area contributed by atoms with Gasteiger partial charge < -0.3 is 9.64 Å². The number of halogens is 1. The summed E-state index contributed by atoms with van der Waals surface area (Å²) in [5.41, 5.74) is 0.576. The van der Waals surface area contributed by atoms with Crippen LogP contribution in [0.15, 0.2) is 28.7 Å². The first-order valence-electron chi connectivity index (χ1n) is 5.17. The lowest BCUT2D eigenvalue weighted by molar-refractivity contribution is 0.0492. The predicted molar refractivity (Wildman–Crippen MR) is 67.6 cm³/mol. The minimum absolute atomic E-state index is 0.272. The van der Waals surface area contributed by atoms with Gasteiger partial charge in [0.05, 0.1) is 12.2 Å². The molecule has 0 unspecified atom stereocenters. The molecule has 0 aliphatic heterocycles. The number of carbonyl (C=O) groups excluding carboxylic acids is 1. The Hall–Kier alpha value is -0.870. The lowest BCUT2D eigenvalue weighted by Gasteiger charge is -2.09. The van der Waals surface area contributed by atoms with E-state index in [1.165, 1.54) is 0 Å². The van der Waals surface area contributed by atoms with Crippen LogP contribution in [0.5, 0.6) is 0 Å². The molecule has 88 valence electrons. The molecule has 0 aliphatic carbocycles. The van der Waals surface area contributed by atoms with Crippen molar-refractivity contribution in [1.29, 1.82) is 0 Å². The van der Waals surface area contributed by atoms with Crippen molar-refractivity contribution < 1.29 is 9.53 Å². The van der Waals surface area contributed by atoms with Gasteiger partial charge >= 0.3 is 5.97 Å². The minimum atomic E-state index is -0.272. The maximum absolute atomic E-state index is 11.6. The first-order valence-corrected chi connectivity index (χ1v) is 5.97. The molecule has 0 aromatic heterocycles. The summed E-state index contributed by atoms with van der Waals surface area (Å²) in [5, 5.41) is 0. The fourth-order valence-corrected chi connectivity index (χ4v) is 1.70. The molecule has 0 amide bonds. The van der Waals surface area contributed by atoms with E-state index >= 15 is 0 Å². The molecule has 0 heterocycles. The Balaban J connectivity index is 2.39. The highest BCUT2D eigenvalue weighted by Gasteiger charge is 2.09. The van der Waals surface area contributed by atoms with Gasteiger partial charge in [-0.25, -0.2) is 4.79 Å². The van der Waals surface area contributed by atoms with Gasteiger partial charge in [-0.1, -0.05) is 12.1 Å². The molecule has 3 nitrogen and oxygen atoms in total. The molecule has 4 heteroatoms. The van der Waals surface area contributed by atoms with E-state index in [1.54, 1.807) is 6.07 Å². The van der Waals surface area contributed by atoms with E-state index < -0.39 is 0 Å². The number of hydrogen-bond acceptors (Lipinski definition) is 3. The van der Waals surface area contributed by atoms with Gasteiger partial charge in [0, 0.05) is 11.0 Å². The van der Waals surface area contributed by atoms with E-state index in [1.807, 2.05) is 32.3 Å². The lowest BCUT2D eigenvalue weighted by atomic mass is 10.2. The smallest absolute Gasteiger partial charge is 0.339 e. The molecule has 0 saturated heterocycles. The Labute approximate surface area is 105 Å². The number of nitrogens with zero attached hydrogens (tertiary/aromatic N) is 1. The van der Waals surface area contributed by atoms with Crippen molar-refractivity contribution in [3.05, 3.63) is 34.3 Å². The van der Waals surface area contributed by atoms with Gasteiger partial charge in [-0.05, 0) is 48.6 Å². The van der Waals surface area contributed by atoms with Crippen molar-refractivity contribution in [3.8, 4) is 0 Å². The summed E-state index contributed by atoms with van der Waals surface area (Å²) in [6.45, 7) is 1.38. The number of carbonyl (C=O) groups is 1. The van der Waals surface area contributed by atoms with E-state index in [0.29, 0.717) is 12.2 Å². The Bertz CT molecular complexity index is 353. The highest BCUT2D eigenvalue weighted by atomic mass is 79.9. The zero-order valence-corrected chi connectivity index (χ0v) is 11.2. The number of esters is 1. The summed E-state index contributed by atoms with van der Waals surface area (Å²) in [7, 11) is 3.99. The molecule has 0 bridgehead atoms. The minimum Gasteiger partial charge on any atom is -0.462 e. The van der Waals surface area contributed by atoms with Crippen molar-refractivity contribution in [1.82, 2.24) is 4.90 Å². The fourth-order valence-electron chi connectivity index (χ4n) is 1.25. The maximum Gasteiger partial charge on any atom is 0.339 e. The SMILES string of the molecule is CN(C)CCCOC(=O)c1ccccc1Br. The van der Waals surface area contributed by atoms with Crippen LogP contribution in [0.4, 0.5) is 0 Å². The summed E-state index contributed by atoms with van der Waals surface area (Å²) in [6, 6.07) is 7.27. The normalized spacial score (nSPS) is 10.5. The number of ether oxygens (including phenoxy) is 1. The van der Waals surface area contributed by atoms with Gasteiger partial charge in [-0.2, -0.15) is 0 Å². The molecule has 0 radical (unpaired) electrons. The van der Waals surface area contributed by atoms with Crippen molar-refractivity contribution in [2.45, 2.75) is 6.42 Å². The summed E-state index contributed by atoms with van der Waals surface area (Å²) in [4.78, 5) is 13.7. The molecule has 16 heavy (non-hydrogen) atoms. The van der Waals surface area contributed by atoms with Crippen molar-refractivity contribution in [2.75, 3.05) is 27.2 Å². The van der Waals surface area contributed by atoms with Crippen LogP contribution in [0, 0.1) is 0 Å². The molecule has 1 rings (SSSR count). The average Bonchev–Trinajstić information content (AvgIpc) is 2.24. The third-order valence-electron chi connectivity index (χ3n) is 2.08. The number of rotatable bonds is 5. The Kier molecular flexibility index (Phi) is 5.49. The molecular formula is C12H16BrNO2. The molecular weight excluding hydrogens is 270 g/mol. The fraction of sp³-hybridized carbons (Fsp3) is 0.417. The summed E-state index contributed by atoms with van der Waals surface area (Å²) >= 11 is 3.32. The van der Waals surface area contributed by atoms with E-state index in [0.717, 1.165) is 17.4 Å². The highest BCUT2D eigenvalue weighted by molar-refractivity contribution is 9.10. The number of benzene rings is 1. The molecule has 0 N–H and O–H groups in total. The molecule has 0 aliphatic rings. The van der Waals surface area contributed by atoms with Crippen LogP contribution in [-0.4, -0.2) is 38.1 Å². The first-order chi connectivity index (χ1) is 7.61. The van der Waals surface area contributed by atoms with Crippen molar-refractivity contribution in [2.24, 2.45) is 0 Å². The average molecular weight is 286 g/mol. The second-order valence-electron chi connectivity index (χ2n) is 3.77. The van der Waals surface area contributed by atoms with Gasteiger partial charge in [0.25, 0.3) is 0 Å². The van der Waals surface area contributed by atoms with E-state index in [9.17, 15) is 4.79 Å². The maximum atomic E-state index is 11.6. The van der Waals surface area contributed by atoms with E-state index in [2.05, 4.69) is 20.8 Å². The Morgan fingerprint density at radius 2 is 2.06 bits per heavy atom. The second-order valence-corrected chi connectivity index (χ2v) is 4.63. The number of hydrogen-bond donors (Lipinski definition) is 0. The molecule has 0 saturated carbocycles. The Morgan fingerprint density at radius 3 is 2.69 bits per heavy atom. The van der Waals surface area contributed by atoms with Crippen LogP contribution >= 0.6 is 15.9 Å². The standard InChI is InChI=1S/C12H16BrNO2/c1-14(2)8-5-9-16-12(15)10-6-3-4-7-11(10)13/h3-4,6-7H,5,8-9H2,1-2H3. The zero-order chi connectivity index (χ0) is 12.0. The zero-order valence-electron chi connectivity index (χ0n) is 9.57. The van der Waals surface area contributed by atoms with E-state index in [-0.39, 0.29) is 5.97 Å². The summed E-state index contributed by atoms with van der Waals surface area (Å²) in [5.74, 6) is -0.272. The molecule has 0 spiro atoms. The van der Waals surface area contributed by atoms with Gasteiger partial charge in [0.15, 0.2) is 0 Å². The van der Waals surface area contributed by atoms with Crippen LogP contribution in [0.1, 0.15) is 16.8 Å². The van der Waals surface area contributed by atoms with Crippen molar-refractivity contribution >= 4 is 21.9 Å². The first kappa shape index (κ1) is 13.2. The monoisotopic (exact) mass is 285 g/mol. The second kappa shape index (κ2) is 6.66. The molecule has 0 atom stereocenters. The lowest BCUT2D eigenvalue weighted by Crippen LogP contribution is -2.16. The van der Waals surface area contributed by atoms with Crippen LogP contribution < -0.4 is 0 Å². The Morgan fingerprint density at radius 1 is 1.38 bits per heavy atom. The summed E-state index contributed by atoms with van der Waals surface area (Å²) in [6.07, 6.45) is 0.850. The van der Waals surface area contributed by atoms with Gasteiger partial charge in [-0.3, -0.25) is 0 Å². The van der Waals surface area contributed by atoms with Crippen LogP contribution in [0.2, 0.25) is 0 Å². The van der Waals surface area contributed by atoms with Crippen LogP contribution in [-0.2, 0) is 4.74 Å². The largest absolute Gasteiger partial charge is 0.462 e. The predicted octanol–water partition coefficient (Wildman–Crippen LogP) is 2.56. The third-order valence-corrected chi connectivity index (χ3v) is 2.77. The van der Waals surface area contributed by atoms with Crippen LogP contribution in [0.25, 0.3) is 0 Å². The molecule has 1 aromatic rings. The molecule has 1 aromatic carbocycles. The van der Waals surface area contributed by atoms with Gasteiger partial charge in [0.1, 0.15) is 0 Å².